The molecule has 2 aromatic carbocycles. The molecular weight excluding hydrogens is 290 g/mol. The normalized spacial score (nSPS) is 13.8. The summed E-state index contributed by atoms with van der Waals surface area (Å²) in [5.74, 6) is -0.575. The standard InChI is InChI=1S/C19H19NO3/c21-18(20-12-4-5-13-20)14-23-19(22)17-10-8-16(9-11-17)15-6-2-1-3-7-15/h1-3,6-11H,4-5,12-14H2. The Bertz CT molecular complexity index is 674. The Morgan fingerprint density at radius 2 is 1.48 bits per heavy atom. The predicted molar refractivity (Wildman–Crippen MR) is 88.0 cm³/mol. The van der Waals surface area contributed by atoms with E-state index in [1.807, 2.05) is 42.5 Å². The Morgan fingerprint density at radius 3 is 2.13 bits per heavy atom. The van der Waals surface area contributed by atoms with Crippen LogP contribution in [0.25, 0.3) is 11.1 Å². The van der Waals surface area contributed by atoms with Crippen LogP contribution in [0, 0.1) is 0 Å². The van der Waals surface area contributed by atoms with Gasteiger partial charge in [0.2, 0.25) is 0 Å². The fourth-order valence-electron chi connectivity index (χ4n) is 2.70. The summed E-state index contributed by atoms with van der Waals surface area (Å²) >= 11 is 0. The first-order chi connectivity index (χ1) is 11.2. The van der Waals surface area contributed by atoms with Gasteiger partial charge in [-0.2, -0.15) is 0 Å². The monoisotopic (exact) mass is 309 g/mol. The number of hydrogen-bond acceptors (Lipinski definition) is 3. The van der Waals surface area contributed by atoms with Gasteiger partial charge >= 0.3 is 5.97 Å². The minimum absolute atomic E-state index is 0.114. The van der Waals surface area contributed by atoms with E-state index in [1.54, 1.807) is 17.0 Å². The zero-order valence-electron chi connectivity index (χ0n) is 12.9. The van der Waals surface area contributed by atoms with Crippen LogP contribution in [0.15, 0.2) is 54.6 Å². The molecule has 1 aliphatic heterocycles. The number of esters is 1. The zero-order valence-corrected chi connectivity index (χ0v) is 12.9. The molecule has 0 radical (unpaired) electrons. The van der Waals surface area contributed by atoms with Gasteiger partial charge in [0.15, 0.2) is 6.61 Å². The summed E-state index contributed by atoms with van der Waals surface area (Å²) in [5.41, 5.74) is 2.59. The molecule has 0 N–H and O–H groups in total. The Balaban J connectivity index is 1.58. The molecule has 0 aliphatic carbocycles. The van der Waals surface area contributed by atoms with Gasteiger partial charge in [0.1, 0.15) is 0 Å². The third kappa shape index (κ3) is 3.77. The number of carbonyl (C=O) groups excluding carboxylic acids is 2. The lowest BCUT2D eigenvalue weighted by Crippen LogP contribution is -2.32. The second-order valence-corrected chi connectivity index (χ2v) is 5.61. The van der Waals surface area contributed by atoms with Crippen molar-refractivity contribution in [1.82, 2.24) is 4.90 Å². The molecule has 118 valence electrons. The number of hydrogen-bond donors (Lipinski definition) is 0. The molecule has 2 aromatic rings. The molecule has 0 spiro atoms. The zero-order chi connectivity index (χ0) is 16.1. The van der Waals surface area contributed by atoms with Crippen LogP contribution in [0.5, 0.6) is 0 Å². The maximum atomic E-state index is 12.0. The smallest absolute Gasteiger partial charge is 0.338 e. The summed E-state index contributed by atoms with van der Waals surface area (Å²) in [6.07, 6.45) is 2.06. The Hall–Kier alpha value is -2.62. The number of amides is 1. The van der Waals surface area contributed by atoms with Crippen LogP contribution in [0.1, 0.15) is 23.2 Å². The number of benzene rings is 2. The first kappa shape index (κ1) is 15.3. The number of nitrogens with zero attached hydrogens (tertiary/aromatic N) is 1. The van der Waals surface area contributed by atoms with Gasteiger partial charge in [0, 0.05) is 13.1 Å². The van der Waals surface area contributed by atoms with Crippen molar-refractivity contribution < 1.29 is 14.3 Å². The maximum absolute atomic E-state index is 12.0. The summed E-state index contributed by atoms with van der Waals surface area (Å²) < 4.78 is 5.12. The maximum Gasteiger partial charge on any atom is 0.338 e. The number of carbonyl (C=O) groups is 2. The van der Waals surface area contributed by atoms with Gasteiger partial charge in [-0.3, -0.25) is 4.79 Å². The Labute approximate surface area is 135 Å². The molecule has 0 atom stereocenters. The SMILES string of the molecule is O=C(OCC(=O)N1CCCC1)c1ccc(-c2ccccc2)cc1. The van der Waals surface area contributed by atoms with E-state index in [-0.39, 0.29) is 12.5 Å². The van der Waals surface area contributed by atoms with Gasteiger partial charge in [0.05, 0.1) is 5.56 Å². The van der Waals surface area contributed by atoms with E-state index in [4.69, 9.17) is 4.74 Å². The Morgan fingerprint density at radius 1 is 0.870 bits per heavy atom. The van der Waals surface area contributed by atoms with Crippen LogP contribution in [-0.2, 0) is 9.53 Å². The van der Waals surface area contributed by atoms with E-state index in [9.17, 15) is 9.59 Å². The van der Waals surface area contributed by atoms with Crippen LogP contribution < -0.4 is 0 Å². The Kier molecular flexibility index (Phi) is 4.71. The van der Waals surface area contributed by atoms with E-state index in [0.29, 0.717) is 5.56 Å². The largest absolute Gasteiger partial charge is 0.452 e. The molecule has 23 heavy (non-hydrogen) atoms. The molecular formula is C19H19NO3. The number of likely N-dealkylation sites (tertiary alicyclic amines) is 1. The van der Waals surface area contributed by atoms with E-state index in [2.05, 4.69) is 0 Å². The van der Waals surface area contributed by atoms with Gasteiger partial charge < -0.3 is 9.64 Å². The quantitative estimate of drug-likeness (QED) is 0.815. The molecule has 0 bridgehead atoms. The molecule has 3 rings (SSSR count). The molecule has 0 saturated carbocycles. The van der Waals surface area contributed by atoms with Crippen LogP contribution in [0.3, 0.4) is 0 Å². The number of rotatable bonds is 4. The first-order valence-corrected chi connectivity index (χ1v) is 7.84. The van der Waals surface area contributed by atoms with Gasteiger partial charge in [-0.05, 0) is 36.1 Å². The fraction of sp³-hybridized carbons (Fsp3) is 0.263. The predicted octanol–water partition coefficient (Wildman–Crippen LogP) is 3.13. The highest BCUT2D eigenvalue weighted by Gasteiger charge is 2.19. The highest BCUT2D eigenvalue weighted by molar-refractivity contribution is 5.91. The molecule has 0 unspecified atom stereocenters. The van der Waals surface area contributed by atoms with Crippen molar-refractivity contribution >= 4 is 11.9 Å². The molecule has 1 aliphatic rings. The third-order valence-electron chi connectivity index (χ3n) is 4.01. The summed E-state index contributed by atoms with van der Waals surface area (Å²) in [7, 11) is 0. The van der Waals surface area contributed by atoms with E-state index in [1.165, 1.54) is 0 Å². The second kappa shape index (κ2) is 7.09. The van der Waals surface area contributed by atoms with Crippen LogP contribution in [0.4, 0.5) is 0 Å². The molecule has 1 fully saturated rings. The van der Waals surface area contributed by atoms with Crippen molar-refractivity contribution in [2.45, 2.75) is 12.8 Å². The van der Waals surface area contributed by atoms with Crippen LogP contribution >= 0.6 is 0 Å². The van der Waals surface area contributed by atoms with Crippen molar-refractivity contribution in [2.24, 2.45) is 0 Å². The van der Waals surface area contributed by atoms with E-state index in [0.717, 1.165) is 37.1 Å². The van der Waals surface area contributed by atoms with E-state index >= 15 is 0 Å². The van der Waals surface area contributed by atoms with Crippen LogP contribution in [-0.4, -0.2) is 36.5 Å². The van der Waals surface area contributed by atoms with E-state index < -0.39 is 5.97 Å². The lowest BCUT2D eigenvalue weighted by atomic mass is 10.0. The minimum Gasteiger partial charge on any atom is -0.452 e. The molecule has 1 amide bonds. The molecule has 1 heterocycles. The summed E-state index contributed by atoms with van der Waals surface area (Å²) in [6.45, 7) is 1.35. The molecule has 0 aromatic heterocycles. The average Bonchev–Trinajstić information content (AvgIpc) is 3.15. The fourth-order valence-corrected chi connectivity index (χ4v) is 2.70. The molecule has 1 saturated heterocycles. The molecule has 4 nitrogen and oxygen atoms in total. The highest BCUT2D eigenvalue weighted by Crippen LogP contribution is 2.19. The third-order valence-corrected chi connectivity index (χ3v) is 4.01. The van der Waals surface area contributed by atoms with Gasteiger partial charge in [-0.15, -0.1) is 0 Å². The van der Waals surface area contributed by atoms with Gasteiger partial charge in [-0.1, -0.05) is 42.5 Å². The minimum atomic E-state index is -0.461. The highest BCUT2D eigenvalue weighted by atomic mass is 16.5. The molecule has 4 heteroatoms. The summed E-state index contributed by atoms with van der Waals surface area (Å²) in [6, 6.07) is 17.2. The lowest BCUT2D eigenvalue weighted by molar-refractivity contribution is -0.133. The topological polar surface area (TPSA) is 46.6 Å². The van der Waals surface area contributed by atoms with Crippen LogP contribution in [0.2, 0.25) is 0 Å². The number of ether oxygens (including phenoxy) is 1. The van der Waals surface area contributed by atoms with Crippen molar-refractivity contribution in [2.75, 3.05) is 19.7 Å². The van der Waals surface area contributed by atoms with Gasteiger partial charge in [-0.25, -0.2) is 4.79 Å². The second-order valence-electron chi connectivity index (χ2n) is 5.61. The van der Waals surface area contributed by atoms with Gasteiger partial charge in [0.25, 0.3) is 5.91 Å². The summed E-state index contributed by atoms with van der Waals surface area (Å²) in [5, 5.41) is 0. The lowest BCUT2D eigenvalue weighted by Gasteiger charge is -2.14. The average molecular weight is 309 g/mol. The summed E-state index contributed by atoms with van der Waals surface area (Å²) in [4.78, 5) is 25.6. The first-order valence-electron chi connectivity index (χ1n) is 7.84. The van der Waals surface area contributed by atoms with Crippen molar-refractivity contribution in [1.29, 1.82) is 0 Å². The van der Waals surface area contributed by atoms with Crippen molar-refractivity contribution in [3.8, 4) is 11.1 Å². The van der Waals surface area contributed by atoms with Crippen molar-refractivity contribution in [3.63, 3.8) is 0 Å². The van der Waals surface area contributed by atoms with Crippen molar-refractivity contribution in [3.05, 3.63) is 60.2 Å².